The summed E-state index contributed by atoms with van der Waals surface area (Å²) in [5.41, 5.74) is 1.49. The zero-order chi connectivity index (χ0) is 25.4. The number of rotatable bonds is 5. The van der Waals surface area contributed by atoms with Gasteiger partial charge in [0.05, 0.1) is 5.56 Å². The Morgan fingerprint density at radius 1 is 1.11 bits per heavy atom. The van der Waals surface area contributed by atoms with E-state index in [1.165, 1.54) is 27.7 Å². The predicted molar refractivity (Wildman–Crippen MR) is 130 cm³/mol. The van der Waals surface area contributed by atoms with Gasteiger partial charge in [0.1, 0.15) is 11.6 Å². The van der Waals surface area contributed by atoms with E-state index in [1.807, 2.05) is 0 Å². The van der Waals surface area contributed by atoms with Gasteiger partial charge in [-0.15, -0.1) is 0 Å². The summed E-state index contributed by atoms with van der Waals surface area (Å²) in [5.74, 6) is -0.490. The molecule has 1 fully saturated rings. The van der Waals surface area contributed by atoms with Crippen molar-refractivity contribution in [3.63, 3.8) is 0 Å². The van der Waals surface area contributed by atoms with Crippen molar-refractivity contribution in [3.8, 4) is 11.3 Å². The Morgan fingerprint density at radius 3 is 2.53 bits per heavy atom. The average molecular weight is 529 g/mol. The third kappa shape index (κ3) is 4.39. The number of sulfonamides is 1. The number of aromatic nitrogens is 4. The number of aliphatic hydroxyl groups is 1. The van der Waals surface area contributed by atoms with Gasteiger partial charge >= 0.3 is 0 Å². The van der Waals surface area contributed by atoms with Crippen LogP contribution in [0.4, 0.5) is 0 Å². The summed E-state index contributed by atoms with van der Waals surface area (Å²) < 4.78 is 28.2. The molecule has 0 unspecified atom stereocenters. The van der Waals surface area contributed by atoms with Crippen LogP contribution >= 0.6 is 11.6 Å². The fraction of sp³-hybridized carbons (Fsp3) is 0.217. The molecule has 1 aliphatic rings. The largest absolute Gasteiger partial charge is 0.618 e. The van der Waals surface area contributed by atoms with Gasteiger partial charge in [-0.25, -0.2) is 18.4 Å². The van der Waals surface area contributed by atoms with E-state index in [-0.39, 0.29) is 48.4 Å². The van der Waals surface area contributed by atoms with E-state index < -0.39 is 22.5 Å². The molecule has 5 rings (SSSR count). The van der Waals surface area contributed by atoms with Crippen molar-refractivity contribution in [3.05, 3.63) is 76.6 Å². The molecule has 36 heavy (non-hydrogen) atoms. The number of H-pyrrole nitrogens is 1. The molecule has 0 atom stereocenters. The smallest absolute Gasteiger partial charge is 0.291 e. The number of piperazine rings is 1. The fourth-order valence-electron chi connectivity index (χ4n) is 4.07. The number of carbonyl (C=O) groups is 1. The van der Waals surface area contributed by atoms with Gasteiger partial charge in [0.15, 0.2) is 0 Å². The first-order valence-electron chi connectivity index (χ1n) is 11.0. The molecule has 0 radical (unpaired) electrons. The van der Waals surface area contributed by atoms with Gasteiger partial charge in [0.2, 0.25) is 17.2 Å². The number of benzene rings is 1. The molecule has 3 aromatic heterocycles. The molecule has 1 aliphatic heterocycles. The molecule has 0 saturated carbocycles. The molecule has 0 aliphatic carbocycles. The molecule has 1 aromatic carbocycles. The first-order chi connectivity index (χ1) is 17.3. The van der Waals surface area contributed by atoms with Crippen molar-refractivity contribution in [2.75, 3.05) is 26.2 Å². The van der Waals surface area contributed by atoms with Gasteiger partial charge in [-0.1, -0.05) is 11.6 Å². The third-order valence-electron chi connectivity index (χ3n) is 6.03. The van der Waals surface area contributed by atoms with Crippen LogP contribution in [0.15, 0.2) is 59.9 Å². The van der Waals surface area contributed by atoms with Crippen molar-refractivity contribution >= 4 is 38.4 Å². The molecule has 186 valence electrons. The van der Waals surface area contributed by atoms with E-state index in [0.29, 0.717) is 26.2 Å². The lowest BCUT2D eigenvalue weighted by molar-refractivity contribution is -0.604. The second-order valence-corrected chi connectivity index (χ2v) is 10.6. The van der Waals surface area contributed by atoms with E-state index >= 15 is 0 Å². The maximum atomic E-state index is 13.1. The normalized spacial score (nSPS) is 14.9. The van der Waals surface area contributed by atoms with Crippen LogP contribution in [-0.4, -0.2) is 69.8 Å². The number of aromatic amines is 1. The highest BCUT2D eigenvalue weighted by atomic mass is 35.5. The SMILES string of the molecule is O=C(c1ncc(-c2cccc(CO)[n+]2[O-])cn1)N1CCN(S(=O)(=O)c2cc3cc(Cl)ccc3[nH]2)CC1. The van der Waals surface area contributed by atoms with Gasteiger partial charge in [-0.3, -0.25) is 4.79 Å². The maximum Gasteiger partial charge on any atom is 0.291 e. The Balaban J connectivity index is 1.27. The Kier molecular flexibility index (Phi) is 6.35. The average Bonchev–Trinajstić information content (AvgIpc) is 3.33. The van der Waals surface area contributed by atoms with Crippen molar-refractivity contribution in [2.45, 2.75) is 11.6 Å². The minimum absolute atomic E-state index is 0.0571. The lowest BCUT2D eigenvalue weighted by Crippen LogP contribution is -2.50. The van der Waals surface area contributed by atoms with Crippen LogP contribution < -0.4 is 4.73 Å². The minimum atomic E-state index is -3.78. The van der Waals surface area contributed by atoms with E-state index in [9.17, 15) is 23.5 Å². The second-order valence-electron chi connectivity index (χ2n) is 8.21. The van der Waals surface area contributed by atoms with E-state index in [4.69, 9.17) is 11.6 Å². The van der Waals surface area contributed by atoms with Crippen LogP contribution in [0.1, 0.15) is 16.3 Å². The number of halogens is 1. The zero-order valence-electron chi connectivity index (χ0n) is 18.8. The number of fused-ring (bicyclic) bond motifs is 1. The van der Waals surface area contributed by atoms with E-state index in [0.717, 1.165) is 0 Å². The number of amides is 1. The van der Waals surface area contributed by atoms with Crippen LogP contribution in [0.3, 0.4) is 0 Å². The van der Waals surface area contributed by atoms with Gasteiger partial charge in [0.25, 0.3) is 15.9 Å². The third-order valence-corrected chi connectivity index (χ3v) is 8.08. The molecule has 0 bridgehead atoms. The zero-order valence-corrected chi connectivity index (χ0v) is 20.4. The summed E-state index contributed by atoms with van der Waals surface area (Å²) in [6.07, 6.45) is 2.74. The summed E-state index contributed by atoms with van der Waals surface area (Å²) in [6.45, 7) is 0.173. The Labute approximate surface area is 211 Å². The van der Waals surface area contributed by atoms with E-state index in [1.54, 1.807) is 36.4 Å². The summed E-state index contributed by atoms with van der Waals surface area (Å²) >= 11 is 6.00. The highest BCUT2D eigenvalue weighted by Crippen LogP contribution is 2.25. The Hall–Kier alpha value is -3.58. The van der Waals surface area contributed by atoms with Gasteiger partial charge in [-0.2, -0.15) is 9.04 Å². The van der Waals surface area contributed by atoms with Crippen LogP contribution in [0.25, 0.3) is 22.2 Å². The molecular formula is C23H21ClN6O5S. The van der Waals surface area contributed by atoms with Crippen LogP contribution in [-0.2, 0) is 16.6 Å². The van der Waals surface area contributed by atoms with Crippen molar-refractivity contribution < 1.29 is 23.0 Å². The van der Waals surface area contributed by atoms with Crippen LogP contribution in [0.2, 0.25) is 5.02 Å². The molecule has 2 N–H and O–H groups in total. The fourth-order valence-corrected chi connectivity index (χ4v) is 5.69. The molecular weight excluding hydrogens is 508 g/mol. The Morgan fingerprint density at radius 2 is 1.83 bits per heavy atom. The first kappa shape index (κ1) is 24.1. The number of hydrogen-bond acceptors (Lipinski definition) is 7. The molecule has 1 saturated heterocycles. The molecule has 4 heterocycles. The van der Waals surface area contributed by atoms with Gasteiger partial charge in [0, 0.05) is 66.6 Å². The van der Waals surface area contributed by atoms with E-state index in [2.05, 4.69) is 15.0 Å². The van der Waals surface area contributed by atoms with Crippen molar-refractivity contribution in [2.24, 2.45) is 0 Å². The number of pyridine rings is 1. The summed E-state index contributed by atoms with van der Waals surface area (Å²) in [6, 6.07) is 11.3. The standard InChI is InChI=1S/C23H21ClN6O5S/c24-17-4-5-19-15(10-17)11-21(27-19)36(34,35)29-8-6-28(7-9-29)23(32)22-25-12-16(13-26-22)20-3-1-2-18(14-31)30(20)33/h1-5,10-13,27,31H,6-9,14H2. The highest BCUT2D eigenvalue weighted by molar-refractivity contribution is 7.89. The molecule has 11 nitrogen and oxygen atoms in total. The second kappa shape index (κ2) is 9.47. The monoisotopic (exact) mass is 528 g/mol. The van der Waals surface area contributed by atoms with Crippen LogP contribution in [0.5, 0.6) is 0 Å². The van der Waals surface area contributed by atoms with Crippen molar-refractivity contribution in [1.29, 1.82) is 0 Å². The number of carbonyl (C=O) groups excluding carboxylic acids is 1. The lowest BCUT2D eigenvalue weighted by Gasteiger charge is -2.33. The summed E-state index contributed by atoms with van der Waals surface area (Å²) in [4.78, 5) is 25.5. The van der Waals surface area contributed by atoms with Crippen molar-refractivity contribution in [1.82, 2.24) is 24.2 Å². The highest BCUT2D eigenvalue weighted by Gasteiger charge is 2.32. The quantitative estimate of drug-likeness (QED) is 0.295. The molecule has 13 heteroatoms. The minimum Gasteiger partial charge on any atom is -0.618 e. The first-order valence-corrected chi connectivity index (χ1v) is 12.8. The predicted octanol–water partition coefficient (Wildman–Crippen LogP) is 1.55. The summed E-state index contributed by atoms with van der Waals surface area (Å²) in [5, 5.41) is 22.9. The summed E-state index contributed by atoms with van der Waals surface area (Å²) in [7, 11) is -3.78. The van der Waals surface area contributed by atoms with Gasteiger partial charge < -0.3 is 20.2 Å². The topological polar surface area (TPSA) is 146 Å². The van der Waals surface area contributed by atoms with Gasteiger partial charge in [-0.05, 0) is 30.3 Å². The lowest BCUT2D eigenvalue weighted by atomic mass is 10.2. The number of hydrogen-bond donors (Lipinski definition) is 2. The number of nitrogens with one attached hydrogen (secondary N) is 1. The molecule has 4 aromatic rings. The number of aliphatic hydroxyl groups excluding tert-OH is 1. The maximum absolute atomic E-state index is 13.1. The Bertz CT molecular complexity index is 1550. The van der Waals surface area contributed by atoms with Crippen LogP contribution in [0, 0.1) is 5.21 Å². The molecule has 1 amide bonds. The number of nitrogens with zero attached hydrogens (tertiary/aromatic N) is 5. The molecule has 0 spiro atoms.